The van der Waals surface area contributed by atoms with Crippen molar-refractivity contribution < 1.29 is 10.2 Å². The van der Waals surface area contributed by atoms with Crippen molar-refractivity contribution in [2.75, 3.05) is 0 Å². The summed E-state index contributed by atoms with van der Waals surface area (Å²) in [4.78, 5) is 9.92. The van der Waals surface area contributed by atoms with Gasteiger partial charge in [0.25, 0.3) is 0 Å². The normalized spacial score (nSPS) is 19.5. The second kappa shape index (κ2) is 11.4. The first-order valence-corrected chi connectivity index (χ1v) is 14.4. The molecule has 1 fully saturated rings. The molecular formula is C33H47ClN2O2. The van der Waals surface area contributed by atoms with Gasteiger partial charge in [-0.15, -0.1) is 11.6 Å². The van der Waals surface area contributed by atoms with Crippen molar-refractivity contribution in [3.05, 3.63) is 57.6 Å². The second-order valence-corrected chi connectivity index (χ2v) is 14.2. The molecule has 1 saturated carbocycles. The van der Waals surface area contributed by atoms with Crippen LogP contribution in [0.5, 0.6) is 11.5 Å². The lowest BCUT2D eigenvalue weighted by Gasteiger charge is -2.28. The topological polar surface area (TPSA) is 65.2 Å². The van der Waals surface area contributed by atoms with Gasteiger partial charge in [-0.3, -0.25) is 9.98 Å². The summed E-state index contributed by atoms with van der Waals surface area (Å²) >= 11 is 6.17. The van der Waals surface area contributed by atoms with Crippen LogP contribution in [-0.2, 0) is 22.1 Å². The summed E-state index contributed by atoms with van der Waals surface area (Å²) in [7, 11) is 0. The Morgan fingerprint density at radius 3 is 1.58 bits per heavy atom. The van der Waals surface area contributed by atoms with Crippen LogP contribution in [0.15, 0.2) is 34.3 Å². The van der Waals surface area contributed by atoms with Gasteiger partial charge >= 0.3 is 0 Å². The van der Waals surface area contributed by atoms with Crippen LogP contribution in [0.25, 0.3) is 0 Å². The van der Waals surface area contributed by atoms with Gasteiger partial charge in [-0.25, -0.2) is 0 Å². The van der Waals surface area contributed by atoms with Gasteiger partial charge in [0.1, 0.15) is 11.5 Å². The molecule has 4 nitrogen and oxygen atoms in total. The summed E-state index contributed by atoms with van der Waals surface area (Å²) < 4.78 is 0. The smallest absolute Gasteiger partial charge is 0.128 e. The molecule has 0 bridgehead atoms. The first-order chi connectivity index (χ1) is 17.5. The third-order valence-corrected chi connectivity index (χ3v) is 7.79. The monoisotopic (exact) mass is 538 g/mol. The molecular weight excluding hydrogens is 492 g/mol. The quantitative estimate of drug-likeness (QED) is 0.295. The highest BCUT2D eigenvalue weighted by atomic mass is 35.5. The van der Waals surface area contributed by atoms with E-state index in [2.05, 4.69) is 74.4 Å². The summed E-state index contributed by atoms with van der Waals surface area (Å²) in [6.07, 6.45) is 7.76. The van der Waals surface area contributed by atoms with E-state index in [4.69, 9.17) is 21.6 Å². The van der Waals surface area contributed by atoms with Crippen molar-refractivity contribution in [2.45, 2.75) is 122 Å². The molecule has 2 N–H and O–H groups in total. The highest BCUT2D eigenvalue weighted by Crippen LogP contribution is 2.38. The van der Waals surface area contributed by atoms with E-state index < -0.39 is 0 Å². The fourth-order valence-corrected chi connectivity index (χ4v) is 5.17. The Labute approximate surface area is 235 Å². The standard InChI is InChI=1S/C33H47ClN2O2/c1-31(2,3)24-16-23(30(38)26(17-24)33(7,8)9)20-36-28-13-11-10-12-27(28)35-19-22-14-21(18-34)15-25(29(22)37)32(4,5)6/h14-17,19-20,27-28,37-38H,10-13,18H2,1-9H3. The zero-order valence-electron chi connectivity index (χ0n) is 24.8. The highest BCUT2D eigenvalue weighted by Gasteiger charge is 2.27. The number of nitrogens with zero attached hydrogens (tertiary/aromatic N) is 2. The van der Waals surface area contributed by atoms with Gasteiger partial charge in [-0.1, -0.05) is 87.3 Å². The Hall–Kier alpha value is -2.33. The number of rotatable bonds is 5. The van der Waals surface area contributed by atoms with Crippen LogP contribution < -0.4 is 0 Å². The Morgan fingerprint density at radius 1 is 0.711 bits per heavy atom. The number of hydrogen-bond donors (Lipinski definition) is 2. The van der Waals surface area contributed by atoms with Gasteiger partial charge in [0.15, 0.2) is 0 Å². The van der Waals surface area contributed by atoms with Crippen molar-refractivity contribution in [1.29, 1.82) is 0 Å². The van der Waals surface area contributed by atoms with Crippen LogP contribution in [0.2, 0.25) is 0 Å². The molecule has 3 rings (SSSR count). The van der Waals surface area contributed by atoms with Crippen molar-refractivity contribution in [2.24, 2.45) is 9.98 Å². The van der Waals surface area contributed by atoms with Crippen LogP contribution in [0.1, 0.15) is 121 Å². The van der Waals surface area contributed by atoms with Gasteiger partial charge in [-0.2, -0.15) is 0 Å². The number of benzene rings is 2. The maximum Gasteiger partial charge on any atom is 0.128 e. The average molecular weight is 539 g/mol. The van der Waals surface area contributed by atoms with Crippen LogP contribution in [0.3, 0.4) is 0 Å². The van der Waals surface area contributed by atoms with E-state index in [-0.39, 0.29) is 34.1 Å². The molecule has 1 aliphatic rings. The molecule has 0 spiro atoms. The predicted octanol–water partition coefficient (Wildman–Crippen LogP) is 8.58. The lowest BCUT2D eigenvalue weighted by molar-refractivity contribution is 0.389. The molecule has 1 aliphatic carbocycles. The van der Waals surface area contributed by atoms with E-state index in [1.54, 1.807) is 6.21 Å². The van der Waals surface area contributed by atoms with Gasteiger partial charge in [0, 0.05) is 40.6 Å². The summed E-state index contributed by atoms with van der Waals surface area (Å²) in [5.41, 5.74) is 5.00. The zero-order chi connectivity index (χ0) is 28.5. The summed E-state index contributed by atoms with van der Waals surface area (Å²) in [6.45, 7) is 19.2. The van der Waals surface area contributed by atoms with Gasteiger partial charge in [0.2, 0.25) is 0 Å². The molecule has 0 aromatic heterocycles. The minimum atomic E-state index is -0.206. The first-order valence-electron chi connectivity index (χ1n) is 13.9. The van der Waals surface area contributed by atoms with Crippen LogP contribution in [-0.4, -0.2) is 34.7 Å². The molecule has 2 atom stereocenters. The lowest BCUT2D eigenvalue weighted by atomic mass is 9.79. The van der Waals surface area contributed by atoms with Gasteiger partial charge < -0.3 is 10.2 Å². The molecule has 38 heavy (non-hydrogen) atoms. The molecule has 2 unspecified atom stereocenters. The number of aromatic hydroxyl groups is 2. The maximum absolute atomic E-state index is 11.2. The Morgan fingerprint density at radius 2 is 1.16 bits per heavy atom. The molecule has 0 aliphatic heterocycles. The van der Waals surface area contributed by atoms with E-state index in [0.29, 0.717) is 17.2 Å². The fraction of sp³-hybridized carbons (Fsp3) is 0.576. The van der Waals surface area contributed by atoms with Crippen molar-refractivity contribution >= 4 is 24.0 Å². The summed E-state index contributed by atoms with van der Waals surface area (Å²) in [6, 6.07) is 8.15. The van der Waals surface area contributed by atoms with Crippen molar-refractivity contribution in [3.8, 4) is 11.5 Å². The van der Waals surface area contributed by atoms with E-state index in [1.807, 2.05) is 18.3 Å². The third-order valence-electron chi connectivity index (χ3n) is 7.48. The fourth-order valence-electron chi connectivity index (χ4n) is 5.02. The van der Waals surface area contributed by atoms with Crippen LogP contribution >= 0.6 is 11.6 Å². The van der Waals surface area contributed by atoms with Crippen LogP contribution in [0, 0.1) is 0 Å². The largest absolute Gasteiger partial charge is 0.507 e. The maximum atomic E-state index is 11.2. The molecule has 0 amide bonds. The third kappa shape index (κ3) is 7.20. The van der Waals surface area contributed by atoms with Crippen molar-refractivity contribution in [3.63, 3.8) is 0 Å². The summed E-state index contributed by atoms with van der Waals surface area (Å²) in [5.74, 6) is 0.959. The van der Waals surface area contributed by atoms with Crippen LogP contribution in [0.4, 0.5) is 0 Å². The molecule has 0 heterocycles. The molecule has 2 aromatic rings. The van der Waals surface area contributed by atoms with E-state index >= 15 is 0 Å². The van der Waals surface area contributed by atoms with E-state index in [9.17, 15) is 10.2 Å². The summed E-state index contributed by atoms with van der Waals surface area (Å²) in [5, 5.41) is 22.2. The number of hydrogen-bond acceptors (Lipinski definition) is 4. The highest BCUT2D eigenvalue weighted by molar-refractivity contribution is 6.17. The first kappa shape index (κ1) is 30.2. The van der Waals surface area contributed by atoms with E-state index in [0.717, 1.165) is 47.9 Å². The van der Waals surface area contributed by atoms with Gasteiger partial charge in [0.05, 0.1) is 12.1 Å². The molecule has 2 aromatic carbocycles. The number of halogens is 1. The van der Waals surface area contributed by atoms with Crippen molar-refractivity contribution in [1.82, 2.24) is 0 Å². The minimum absolute atomic E-state index is 0.0205. The molecule has 208 valence electrons. The molecule has 0 saturated heterocycles. The number of alkyl halides is 1. The SMILES string of the molecule is CC(C)(C)c1cc(C=NC2CCCCC2N=Cc2cc(CCl)cc(C(C)(C)C)c2O)c(O)c(C(C)(C)C)c1. The second-order valence-electron chi connectivity index (χ2n) is 13.9. The molecule has 5 heteroatoms. The zero-order valence-corrected chi connectivity index (χ0v) is 25.6. The Bertz CT molecular complexity index is 1190. The number of phenols is 2. The van der Waals surface area contributed by atoms with E-state index in [1.165, 1.54) is 5.56 Å². The average Bonchev–Trinajstić information content (AvgIpc) is 2.81. The predicted molar refractivity (Wildman–Crippen MR) is 163 cm³/mol. The Kier molecular flexibility index (Phi) is 9.08. The number of aliphatic imine (C=N–C) groups is 2. The molecule has 0 radical (unpaired) electrons. The van der Waals surface area contributed by atoms with Gasteiger partial charge in [-0.05, 0) is 52.3 Å². The Balaban J connectivity index is 1.96. The lowest BCUT2D eigenvalue weighted by Crippen LogP contribution is -2.27. The number of phenolic OH excluding ortho intramolecular Hbond substituents is 2. The minimum Gasteiger partial charge on any atom is -0.507 e.